The fourth-order valence-electron chi connectivity index (χ4n) is 2.48. The smallest absolute Gasteiger partial charge is 0.221 e. The second-order valence-corrected chi connectivity index (χ2v) is 7.93. The Balaban J connectivity index is 3.04. The Morgan fingerprint density at radius 2 is 1.25 bits per heavy atom. The van der Waals surface area contributed by atoms with Crippen molar-refractivity contribution in [2.75, 3.05) is 0 Å². The summed E-state index contributed by atoms with van der Waals surface area (Å²) in [5.41, 5.74) is -9.97. The predicted molar refractivity (Wildman–Crippen MR) is 97.1 cm³/mol. The summed E-state index contributed by atoms with van der Waals surface area (Å²) in [5.74, 6) is -8.06. The molecule has 0 radical (unpaired) electrons. The lowest BCUT2D eigenvalue weighted by molar-refractivity contribution is -0.389. The number of hydrogen-bond donors (Lipinski definition) is 0. The molecule has 1 unspecified atom stereocenters. The molecule has 0 bridgehead atoms. The molecule has 2 aromatic carbocycles. The minimum Gasteiger partial charge on any atom is -0.221 e. The molecule has 0 amide bonds. The van der Waals surface area contributed by atoms with Gasteiger partial charge in [-0.25, -0.2) is 8.78 Å². The zero-order valence-electron chi connectivity index (χ0n) is 13.0. The van der Waals surface area contributed by atoms with Crippen LogP contribution in [0.25, 0.3) is 11.1 Å². The molecule has 2 aromatic rings. The van der Waals surface area contributed by atoms with Gasteiger partial charge in [0.2, 0.25) is 0 Å². The first-order chi connectivity index (χ1) is 12.6. The van der Waals surface area contributed by atoms with E-state index in [1.54, 1.807) is 0 Å². The summed E-state index contributed by atoms with van der Waals surface area (Å²) in [6.07, 6.45) is -13.5. The lowest BCUT2D eigenvalue weighted by Crippen LogP contribution is -2.60. The van der Waals surface area contributed by atoms with Crippen LogP contribution in [0.5, 0.6) is 0 Å². The minimum atomic E-state index is -6.86. The fourth-order valence-corrected chi connectivity index (χ4v) is 4.61. The first kappa shape index (κ1) is 23.5. The maximum Gasteiger partial charge on any atom is 0.457 e. The van der Waals surface area contributed by atoms with E-state index in [0.717, 1.165) is 30.3 Å². The predicted octanol–water partition coefficient (Wildman–Crippen LogP) is 7.63. The van der Waals surface area contributed by atoms with Crippen molar-refractivity contribution in [3.05, 3.63) is 54.9 Å². The van der Waals surface area contributed by atoms with E-state index < -0.39 is 46.5 Å². The van der Waals surface area contributed by atoms with Crippen LogP contribution in [0, 0.1) is 13.0 Å². The van der Waals surface area contributed by atoms with Gasteiger partial charge in [-0.1, -0.05) is 18.2 Å². The van der Waals surface area contributed by atoms with Crippen LogP contribution in [-0.2, 0) is 5.67 Å². The molecule has 0 N–H and O–H groups in total. The first-order valence-corrected chi connectivity index (χ1v) is 9.16. The highest BCUT2D eigenvalue weighted by Crippen LogP contribution is 2.60. The topological polar surface area (TPSA) is 0 Å². The second kappa shape index (κ2) is 7.47. The summed E-state index contributed by atoms with van der Waals surface area (Å²) >= 11 is 2.65. The monoisotopic (exact) mass is 642 g/mol. The van der Waals surface area contributed by atoms with Crippen molar-refractivity contribution in [2.45, 2.75) is 23.9 Å². The van der Waals surface area contributed by atoms with Gasteiger partial charge >= 0.3 is 23.9 Å². The van der Waals surface area contributed by atoms with E-state index in [1.807, 2.05) is 0 Å². The highest BCUT2D eigenvalue weighted by Gasteiger charge is 2.82. The van der Waals surface area contributed by atoms with E-state index in [-0.39, 0.29) is 13.2 Å². The Morgan fingerprint density at radius 3 is 1.71 bits per heavy atom. The normalized spacial score (nSPS) is 15.4. The Morgan fingerprint density at radius 1 is 0.714 bits per heavy atom. The van der Waals surface area contributed by atoms with Crippen LogP contribution in [0.15, 0.2) is 36.4 Å². The number of benzene rings is 2. The Bertz CT molecular complexity index is 888. The average Bonchev–Trinajstić information content (AvgIpc) is 2.52. The SMILES string of the molecule is Fc1ccccc1-c1c(I)cc(I)cc1C(F)(C(F)(F)F)C(F)(F)C(F)(F)F. The summed E-state index contributed by atoms with van der Waals surface area (Å²) < 4.78 is 135. The lowest BCUT2D eigenvalue weighted by Gasteiger charge is -2.37. The van der Waals surface area contributed by atoms with Gasteiger partial charge in [-0.2, -0.15) is 35.1 Å². The molecule has 0 aliphatic heterocycles. The van der Waals surface area contributed by atoms with Crippen molar-refractivity contribution >= 4 is 45.2 Å². The van der Waals surface area contributed by atoms with Gasteiger partial charge in [-0.3, -0.25) is 0 Å². The first-order valence-electron chi connectivity index (χ1n) is 7.00. The van der Waals surface area contributed by atoms with Crippen LogP contribution in [0.1, 0.15) is 5.56 Å². The quantitative estimate of drug-likeness (QED) is 0.239. The molecule has 1 atom stereocenters. The molecule has 12 heteroatoms. The Hall–Kier alpha value is -0.800. The molecule has 0 fully saturated rings. The third-order valence-electron chi connectivity index (χ3n) is 3.75. The highest BCUT2D eigenvalue weighted by atomic mass is 127. The van der Waals surface area contributed by atoms with Gasteiger partial charge in [0.05, 0.1) is 0 Å². The Labute approximate surface area is 178 Å². The molecule has 0 aliphatic carbocycles. The zero-order chi connectivity index (χ0) is 21.7. The summed E-state index contributed by atoms with van der Waals surface area (Å²) in [6.45, 7) is 0. The largest absolute Gasteiger partial charge is 0.457 e. The van der Waals surface area contributed by atoms with Gasteiger partial charge < -0.3 is 0 Å². The standard InChI is InChI=1S/C16H6F10I2/c17-10-4-2-1-3-8(10)12-9(5-7(27)6-11(12)28)13(18,15(21,22)23)14(19,20)16(24,25)26/h1-6H. The summed E-state index contributed by atoms with van der Waals surface area (Å²) in [7, 11) is 0. The van der Waals surface area contributed by atoms with Crippen molar-refractivity contribution in [1.29, 1.82) is 0 Å². The molecular weight excluding hydrogens is 636 g/mol. The summed E-state index contributed by atoms with van der Waals surface area (Å²) in [5, 5.41) is 0. The number of alkyl halides is 9. The van der Waals surface area contributed by atoms with E-state index >= 15 is 4.39 Å². The molecule has 0 saturated heterocycles. The molecule has 0 saturated carbocycles. The van der Waals surface area contributed by atoms with Crippen molar-refractivity contribution in [2.24, 2.45) is 0 Å². The Kier molecular flexibility index (Phi) is 6.26. The maximum absolute atomic E-state index is 15.0. The zero-order valence-corrected chi connectivity index (χ0v) is 17.3. The third kappa shape index (κ3) is 3.69. The number of halogens is 12. The number of rotatable bonds is 3. The molecule has 0 heterocycles. The third-order valence-corrected chi connectivity index (χ3v) is 5.22. The van der Waals surface area contributed by atoms with E-state index in [1.165, 1.54) is 45.2 Å². The van der Waals surface area contributed by atoms with Crippen LogP contribution in [0.3, 0.4) is 0 Å². The summed E-state index contributed by atoms with van der Waals surface area (Å²) in [6, 6.07) is 5.14. The van der Waals surface area contributed by atoms with Crippen molar-refractivity contribution in [1.82, 2.24) is 0 Å². The summed E-state index contributed by atoms with van der Waals surface area (Å²) in [4.78, 5) is 0. The van der Waals surface area contributed by atoms with Crippen LogP contribution in [0.2, 0.25) is 0 Å². The molecule has 0 nitrogen and oxygen atoms in total. The van der Waals surface area contributed by atoms with Gasteiger partial charge in [-0.05, 0) is 63.4 Å². The van der Waals surface area contributed by atoms with E-state index in [2.05, 4.69) is 0 Å². The van der Waals surface area contributed by atoms with Gasteiger partial charge in [0.1, 0.15) is 5.82 Å². The molecule has 0 spiro atoms. The van der Waals surface area contributed by atoms with Crippen molar-refractivity contribution in [3.8, 4) is 11.1 Å². The molecule has 154 valence electrons. The average molecular weight is 642 g/mol. The highest BCUT2D eigenvalue weighted by molar-refractivity contribution is 14.1. The molecule has 0 aromatic heterocycles. The maximum atomic E-state index is 15.0. The fraction of sp³-hybridized carbons (Fsp3) is 0.250. The van der Waals surface area contributed by atoms with Gasteiger partial charge in [0, 0.05) is 23.8 Å². The van der Waals surface area contributed by atoms with Crippen molar-refractivity contribution in [3.63, 3.8) is 0 Å². The second-order valence-electron chi connectivity index (χ2n) is 5.52. The van der Waals surface area contributed by atoms with Crippen LogP contribution >= 0.6 is 45.2 Å². The molecule has 2 rings (SSSR count). The van der Waals surface area contributed by atoms with Crippen LogP contribution < -0.4 is 0 Å². The lowest BCUT2D eigenvalue weighted by atomic mass is 9.82. The molecular formula is C16H6F10I2. The van der Waals surface area contributed by atoms with Gasteiger partial charge in [0.25, 0.3) is 0 Å². The van der Waals surface area contributed by atoms with Crippen LogP contribution in [0.4, 0.5) is 43.9 Å². The van der Waals surface area contributed by atoms with Gasteiger partial charge in [0.15, 0.2) is 0 Å². The molecule has 0 aliphatic rings. The molecule has 28 heavy (non-hydrogen) atoms. The van der Waals surface area contributed by atoms with E-state index in [0.29, 0.717) is 0 Å². The van der Waals surface area contributed by atoms with Gasteiger partial charge in [-0.15, -0.1) is 0 Å². The minimum absolute atomic E-state index is 0.206. The number of hydrogen-bond acceptors (Lipinski definition) is 0. The van der Waals surface area contributed by atoms with Crippen molar-refractivity contribution < 1.29 is 43.9 Å². The van der Waals surface area contributed by atoms with Crippen LogP contribution in [-0.4, -0.2) is 18.3 Å². The van der Waals surface area contributed by atoms with E-state index in [4.69, 9.17) is 0 Å². The van der Waals surface area contributed by atoms with E-state index in [9.17, 15) is 39.5 Å².